The molecule has 3 aliphatic rings. The van der Waals surface area contributed by atoms with E-state index in [9.17, 15) is 13.6 Å². The summed E-state index contributed by atoms with van der Waals surface area (Å²) in [5.41, 5.74) is 0.384. The third-order valence-corrected chi connectivity index (χ3v) is 7.56. The van der Waals surface area contributed by atoms with E-state index in [0.717, 1.165) is 50.9 Å². The van der Waals surface area contributed by atoms with Gasteiger partial charge < -0.3 is 19.4 Å². The number of aryl methyl sites for hydroxylation is 1. The molecule has 8 heteroatoms. The zero-order chi connectivity index (χ0) is 22.6. The molecule has 1 amide bonds. The molecule has 1 saturated heterocycles. The molecular formula is C24H29F2N3O3. The number of nitrogens with one attached hydrogen (secondary N) is 1. The molecule has 0 bridgehead atoms. The van der Waals surface area contributed by atoms with E-state index in [-0.39, 0.29) is 28.6 Å². The maximum absolute atomic E-state index is 14.6. The molecule has 32 heavy (non-hydrogen) atoms. The molecule has 2 saturated carbocycles. The number of anilines is 2. The standard InChI is InChI=1S/C24H29F2N3O3/c1-4-24(5-2)11-29(12-24)23-28-20(13(3)31-23)22(30)27-16-9-18(25)21(19(26)10-16)32-17-7-14-6-15(14)8-17/h9-10,14-15,17H,4-8,11-12H2,1-3H3,(H,27,30). The molecule has 3 fully saturated rings. The molecule has 1 aliphatic heterocycles. The molecule has 2 aromatic rings. The summed E-state index contributed by atoms with van der Waals surface area (Å²) in [4.78, 5) is 19.1. The Morgan fingerprint density at radius 2 is 1.81 bits per heavy atom. The maximum Gasteiger partial charge on any atom is 0.298 e. The van der Waals surface area contributed by atoms with E-state index in [1.165, 1.54) is 6.42 Å². The van der Waals surface area contributed by atoms with E-state index in [0.29, 0.717) is 23.6 Å². The van der Waals surface area contributed by atoms with E-state index in [2.05, 4.69) is 24.1 Å². The minimum Gasteiger partial charge on any atom is -0.484 e. The highest BCUT2D eigenvalue weighted by Crippen LogP contribution is 2.52. The van der Waals surface area contributed by atoms with Crippen LogP contribution < -0.4 is 15.0 Å². The van der Waals surface area contributed by atoms with Gasteiger partial charge in [0.2, 0.25) is 0 Å². The summed E-state index contributed by atoms with van der Waals surface area (Å²) < 4.78 is 40.4. The van der Waals surface area contributed by atoms with Crippen LogP contribution in [0.25, 0.3) is 0 Å². The fourth-order valence-corrected chi connectivity index (χ4v) is 5.18. The van der Waals surface area contributed by atoms with Crippen LogP contribution in [0.2, 0.25) is 0 Å². The van der Waals surface area contributed by atoms with Gasteiger partial charge in [-0.2, -0.15) is 4.98 Å². The van der Waals surface area contributed by atoms with E-state index in [4.69, 9.17) is 9.15 Å². The van der Waals surface area contributed by atoms with Crippen molar-refractivity contribution in [3.05, 3.63) is 35.2 Å². The number of aromatic nitrogens is 1. The SMILES string of the molecule is CCC1(CC)CN(c2nc(C(=O)Nc3cc(F)c(OC4CC5CC5C4)c(F)c3)c(C)o2)C1. The second-order valence-electron chi connectivity index (χ2n) is 9.65. The van der Waals surface area contributed by atoms with Crippen molar-refractivity contribution < 1.29 is 22.7 Å². The lowest BCUT2D eigenvalue weighted by Crippen LogP contribution is -2.56. The maximum atomic E-state index is 14.6. The predicted molar refractivity (Wildman–Crippen MR) is 116 cm³/mol. The van der Waals surface area contributed by atoms with Gasteiger partial charge in [0, 0.05) is 36.3 Å². The molecular weight excluding hydrogens is 416 g/mol. The number of benzene rings is 1. The van der Waals surface area contributed by atoms with Gasteiger partial charge in [0.15, 0.2) is 23.1 Å². The first kappa shape index (κ1) is 21.2. The molecule has 0 spiro atoms. The highest BCUT2D eigenvalue weighted by molar-refractivity contribution is 6.03. The first-order chi connectivity index (χ1) is 15.3. The fraction of sp³-hybridized carbons (Fsp3) is 0.583. The van der Waals surface area contributed by atoms with Crippen molar-refractivity contribution in [3.63, 3.8) is 0 Å². The Kier molecular flexibility index (Phi) is 5.13. The smallest absolute Gasteiger partial charge is 0.298 e. The number of nitrogens with zero attached hydrogens (tertiary/aromatic N) is 2. The Balaban J connectivity index is 1.25. The van der Waals surface area contributed by atoms with Crippen molar-refractivity contribution in [2.24, 2.45) is 17.3 Å². The molecule has 2 unspecified atom stereocenters. The summed E-state index contributed by atoms with van der Waals surface area (Å²) in [6.07, 6.45) is 4.92. The summed E-state index contributed by atoms with van der Waals surface area (Å²) in [5, 5.41) is 2.53. The highest BCUT2D eigenvalue weighted by Gasteiger charge is 2.47. The Morgan fingerprint density at radius 3 is 2.41 bits per heavy atom. The van der Waals surface area contributed by atoms with Gasteiger partial charge in [0.05, 0.1) is 6.10 Å². The zero-order valence-electron chi connectivity index (χ0n) is 18.7. The van der Waals surface area contributed by atoms with E-state index in [1.54, 1.807) is 6.92 Å². The monoisotopic (exact) mass is 445 g/mol. The lowest BCUT2D eigenvalue weighted by molar-refractivity contribution is 0.102. The van der Waals surface area contributed by atoms with Crippen LogP contribution in [-0.4, -0.2) is 30.1 Å². The van der Waals surface area contributed by atoms with Gasteiger partial charge in [-0.25, -0.2) is 8.78 Å². The Morgan fingerprint density at radius 1 is 1.19 bits per heavy atom. The van der Waals surface area contributed by atoms with Crippen molar-refractivity contribution in [2.45, 2.75) is 59.0 Å². The molecule has 0 radical (unpaired) electrons. The van der Waals surface area contributed by atoms with Gasteiger partial charge in [-0.3, -0.25) is 4.79 Å². The highest BCUT2D eigenvalue weighted by atomic mass is 19.1. The lowest BCUT2D eigenvalue weighted by atomic mass is 9.75. The molecule has 1 aromatic carbocycles. The molecule has 1 N–H and O–H groups in total. The van der Waals surface area contributed by atoms with Crippen molar-refractivity contribution in [2.75, 3.05) is 23.3 Å². The van der Waals surface area contributed by atoms with Crippen molar-refractivity contribution >= 4 is 17.6 Å². The number of rotatable bonds is 7. The van der Waals surface area contributed by atoms with Crippen LogP contribution in [0.5, 0.6) is 5.75 Å². The number of halogens is 2. The summed E-state index contributed by atoms with van der Waals surface area (Å²) in [7, 11) is 0. The second-order valence-corrected chi connectivity index (χ2v) is 9.65. The summed E-state index contributed by atoms with van der Waals surface area (Å²) >= 11 is 0. The summed E-state index contributed by atoms with van der Waals surface area (Å²) in [5.74, 6) is -0.928. The minimum absolute atomic E-state index is 0.00972. The van der Waals surface area contributed by atoms with Crippen LogP contribution >= 0.6 is 0 Å². The molecule has 2 atom stereocenters. The molecule has 1 aromatic heterocycles. The van der Waals surface area contributed by atoms with E-state index in [1.807, 2.05) is 4.90 Å². The number of hydrogen-bond donors (Lipinski definition) is 1. The van der Waals surface area contributed by atoms with Gasteiger partial charge in [0.25, 0.3) is 11.9 Å². The van der Waals surface area contributed by atoms with Crippen LogP contribution in [-0.2, 0) is 0 Å². The number of hydrogen-bond acceptors (Lipinski definition) is 5. The lowest BCUT2D eigenvalue weighted by Gasteiger charge is -2.48. The molecule has 172 valence electrons. The third-order valence-electron chi connectivity index (χ3n) is 7.56. The van der Waals surface area contributed by atoms with Gasteiger partial charge in [-0.15, -0.1) is 0 Å². The quantitative estimate of drug-likeness (QED) is 0.625. The van der Waals surface area contributed by atoms with E-state index >= 15 is 0 Å². The Bertz CT molecular complexity index is 1010. The van der Waals surface area contributed by atoms with Crippen LogP contribution in [0.1, 0.15) is 62.2 Å². The van der Waals surface area contributed by atoms with Crippen LogP contribution in [0, 0.1) is 35.8 Å². The number of ether oxygens (including phenoxy) is 1. The largest absolute Gasteiger partial charge is 0.484 e. The van der Waals surface area contributed by atoms with Gasteiger partial charge in [-0.05, 0) is 50.9 Å². The first-order valence-electron chi connectivity index (χ1n) is 11.5. The summed E-state index contributed by atoms with van der Waals surface area (Å²) in [6.45, 7) is 7.67. The van der Waals surface area contributed by atoms with Crippen molar-refractivity contribution in [1.29, 1.82) is 0 Å². The summed E-state index contributed by atoms with van der Waals surface area (Å²) in [6, 6.07) is 2.56. The molecule has 2 heterocycles. The third kappa shape index (κ3) is 3.73. The molecule has 5 rings (SSSR count). The number of fused-ring (bicyclic) bond motifs is 1. The predicted octanol–water partition coefficient (Wildman–Crippen LogP) is 5.32. The van der Waals surface area contributed by atoms with Crippen LogP contribution in [0.3, 0.4) is 0 Å². The topological polar surface area (TPSA) is 67.6 Å². The number of amides is 1. The first-order valence-corrected chi connectivity index (χ1v) is 11.5. The number of oxazole rings is 1. The normalized spacial score (nSPS) is 25.3. The Labute approximate surface area is 186 Å². The zero-order valence-corrected chi connectivity index (χ0v) is 18.7. The molecule has 6 nitrogen and oxygen atoms in total. The average Bonchev–Trinajstić information content (AvgIpc) is 3.14. The van der Waals surface area contributed by atoms with Gasteiger partial charge >= 0.3 is 0 Å². The Hall–Kier alpha value is -2.64. The minimum atomic E-state index is -0.825. The van der Waals surface area contributed by atoms with Gasteiger partial charge in [0.1, 0.15) is 5.76 Å². The number of carbonyl (C=O) groups is 1. The second kappa shape index (κ2) is 7.74. The van der Waals surface area contributed by atoms with Crippen molar-refractivity contribution in [1.82, 2.24) is 4.98 Å². The van der Waals surface area contributed by atoms with Gasteiger partial charge in [-0.1, -0.05) is 13.8 Å². The van der Waals surface area contributed by atoms with Crippen LogP contribution in [0.4, 0.5) is 20.5 Å². The fourth-order valence-electron chi connectivity index (χ4n) is 5.18. The number of carbonyl (C=O) groups excluding carboxylic acids is 1. The molecule has 2 aliphatic carbocycles. The average molecular weight is 446 g/mol. The van der Waals surface area contributed by atoms with Crippen LogP contribution in [0.15, 0.2) is 16.5 Å². The van der Waals surface area contributed by atoms with Crippen molar-refractivity contribution in [3.8, 4) is 5.75 Å². The van der Waals surface area contributed by atoms with E-state index < -0.39 is 17.5 Å².